The van der Waals surface area contributed by atoms with Crippen molar-refractivity contribution in [2.24, 2.45) is 0 Å². The molecule has 0 spiro atoms. The van der Waals surface area contributed by atoms with Gasteiger partial charge in [0.1, 0.15) is 5.75 Å². The van der Waals surface area contributed by atoms with E-state index in [1.165, 1.54) is 12.1 Å². The zero-order chi connectivity index (χ0) is 12.3. The zero-order valence-corrected chi connectivity index (χ0v) is 11.1. The van der Waals surface area contributed by atoms with Crippen molar-refractivity contribution in [1.29, 1.82) is 0 Å². The van der Waals surface area contributed by atoms with Gasteiger partial charge in [-0.25, -0.2) is 4.39 Å². The molecule has 0 aliphatic carbocycles. The highest BCUT2D eigenvalue weighted by atomic mass is 28.4. The van der Waals surface area contributed by atoms with Crippen LogP contribution in [0.1, 0.15) is 23.7 Å². The summed E-state index contributed by atoms with van der Waals surface area (Å²) in [5.41, 5.74) is 0.405. The predicted octanol–water partition coefficient (Wildman–Crippen LogP) is 3.63. The third-order valence-corrected chi connectivity index (χ3v) is 2.82. The lowest BCUT2D eigenvalue weighted by Crippen LogP contribution is -2.29. The Bertz CT molecular complexity index is 396. The average Bonchev–Trinajstić information content (AvgIpc) is 2.18. The molecule has 4 heteroatoms. The van der Waals surface area contributed by atoms with Crippen LogP contribution in [0.5, 0.6) is 5.75 Å². The number of carbonyl (C=O) groups is 1. The van der Waals surface area contributed by atoms with Crippen LogP contribution >= 0.6 is 0 Å². The molecular formula is C12H17FO2Si. The lowest BCUT2D eigenvalue weighted by atomic mass is 10.1. The molecule has 1 aromatic carbocycles. The van der Waals surface area contributed by atoms with Crippen LogP contribution < -0.4 is 4.43 Å². The maximum Gasteiger partial charge on any atom is 0.242 e. The summed E-state index contributed by atoms with van der Waals surface area (Å²) in [6.45, 7) is 7.71. The highest BCUT2D eigenvalue weighted by molar-refractivity contribution is 6.70. The number of ketones is 1. The fourth-order valence-electron chi connectivity index (χ4n) is 1.29. The Morgan fingerprint density at radius 2 is 2.00 bits per heavy atom. The number of Topliss-reactive ketones (excluding diaryl/α,β-unsaturated/α-hetero) is 1. The predicted molar refractivity (Wildman–Crippen MR) is 65.0 cm³/mol. The number of benzene rings is 1. The summed E-state index contributed by atoms with van der Waals surface area (Å²) in [5, 5.41) is 0. The van der Waals surface area contributed by atoms with Crippen molar-refractivity contribution in [2.75, 3.05) is 0 Å². The molecular weight excluding hydrogens is 223 g/mol. The number of carbonyl (C=O) groups excluding carboxylic acids is 1. The van der Waals surface area contributed by atoms with Gasteiger partial charge < -0.3 is 4.43 Å². The molecule has 0 N–H and O–H groups in total. The van der Waals surface area contributed by atoms with Crippen LogP contribution in [-0.4, -0.2) is 14.1 Å². The van der Waals surface area contributed by atoms with E-state index in [1.807, 2.05) is 19.6 Å². The van der Waals surface area contributed by atoms with Crippen molar-refractivity contribution < 1.29 is 13.6 Å². The Balaban J connectivity index is 2.96. The van der Waals surface area contributed by atoms with Crippen molar-refractivity contribution in [3.05, 3.63) is 29.6 Å². The van der Waals surface area contributed by atoms with Gasteiger partial charge in [0, 0.05) is 12.0 Å². The topological polar surface area (TPSA) is 26.3 Å². The van der Waals surface area contributed by atoms with E-state index >= 15 is 0 Å². The molecule has 0 saturated heterocycles. The second-order valence-corrected chi connectivity index (χ2v) is 9.07. The van der Waals surface area contributed by atoms with Crippen LogP contribution in [0.2, 0.25) is 19.6 Å². The molecule has 0 radical (unpaired) electrons. The fraction of sp³-hybridized carbons (Fsp3) is 0.417. The lowest BCUT2D eigenvalue weighted by Gasteiger charge is -2.19. The molecule has 0 unspecified atom stereocenters. The molecule has 0 amide bonds. The summed E-state index contributed by atoms with van der Waals surface area (Å²) in [4.78, 5) is 11.4. The first kappa shape index (κ1) is 12.9. The van der Waals surface area contributed by atoms with Crippen LogP contribution in [0.3, 0.4) is 0 Å². The number of hydrogen-bond donors (Lipinski definition) is 0. The summed E-state index contributed by atoms with van der Waals surface area (Å²) in [6, 6.07) is 4.40. The van der Waals surface area contributed by atoms with Crippen molar-refractivity contribution in [3.8, 4) is 5.75 Å². The van der Waals surface area contributed by atoms with Gasteiger partial charge in [0.2, 0.25) is 8.32 Å². The van der Waals surface area contributed by atoms with Gasteiger partial charge in [-0.1, -0.05) is 6.92 Å². The van der Waals surface area contributed by atoms with Gasteiger partial charge in [-0.15, -0.1) is 0 Å². The summed E-state index contributed by atoms with van der Waals surface area (Å²) >= 11 is 0. The van der Waals surface area contributed by atoms with Gasteiger partial charge in [0.25, 0.3) is 0 Å². The van der Waals surface area contributed by atoms with E-state index in [2.05, 4.69) is 0 Å². The molecule has 0 atom stereocenters. The Labute approximate surface area is 96.6 Å². The monoisotopic (exact) mass is 240 g/mol. The van der Waals surface area contributed by atoms with Crippen molar-refractivity contribution >= 4 is 14.1 Å². The highest BCUT2D eigenvalue weighted by Gasteiger charge is 2.19. The van der Waals surface area contributed by atoms with Gasteiger partial charge in [-0.2, -0.15) is 0 Å². The molecule has 2 nitrogen and oxygen atoms in total. The Hall–Kier alpha value is -1.16. The minimum Gasteiger partial charge on any atom is -0.542 e. The molecule has 0 fully saturated rings. The van der Waals surface area contributed by atoms with Gasteiger partial charge in [0.05, 0.1) is 0 Å². The fourth-order valence-corrected chi connectivity index (χ4v) is 2.12. The largest absolute Gasteiger partial charge is 0.542 e. The molecule has 1 rings (SSSR count). The highest BCUT2D eigenvalue weighted by Crippen LogP contribution is 2.22. The van der Waals surface area contributed by atoms with E-state index < -0.39 is 14.1 Å². The lowest BCUT2D eigenvalue weighted by molar-refractivity contribution is 0.0987. The molecule has 0 aliphatic rings. The zero-order valence-electron chi connectivity index (χ0n) is 10.1. The van der Waals surface area contributed by atoms with Crippen LogP contribution in [0, 0.1) is 5.82 Å². The summed E-state index contributed by atoms with van der Waals surface area (Å²) in [7, 11) is -1.81. The Morgan fingerprint density at radius 3 is 2.44 bits per heavy atom. The number of hydrogen-bond acceptors (Lipinski definition) is 2. The van der Waals surface area contributed by atoms with Gasteiger partial charge >= 0.3 is 0 Å². The third-order valence-electron chi connectivity index (χ3n) is 1.99. The molecule has 0 heterocycles. The van der Waals surface area contributed by atoms with E-state index in [9.17, 15) is 9.18 Å². The van der Waals surface area contributed by atoms with Gasteiger partial charge in [0.15, 0.2) is 11.6 Å². The van der Waals surface area contributed by atoms with E-state index in [1.54, 1.807) is 13.0 Å². The molecule has 0 aromatic heterocycles. The van der Waals surface area contributed by atoms with Crippen molar-refractivity contribution in [1.82, 2.24) is 0 Å². The molecule has 1 aromatic rings. The van der Waals surface area contributed by atoms with Crippen LogP contribution in [-0.2, 0) is 0 Å². The average molecular weight is 240 g/mol. The summed E-state index contributed by atoms with van der Waals surface area (Å²) in [5.74, 6) is -0.271. The standard InChI is InChI=1S/C12H17FO2Si/c1-5-11(14)9-6-7-12(10(13)8-9)15-16(2,3)4/h6-8H,5H2,1-4H3. The Kier molecular flexibility index (Phi) is 3.86. The minimum atomic E-state index is -1.81. The first-order chi connectivity index (χ1) is 7.33. The van der Waals surface area contributed by atoms with Gasteiger partial charge in [-0.3, -0.25) is 4.79 Å². The number of halogens is 1. The second-order valence-electron chi connectivity index (χ2n) is 4.64. The molecule has 88 valence electrons. The van der Waals surface area contributed by atoms with E-state index in [0.717, 1.165) is 0 Å². The maximum absolute atomic E-state index is 13.6. The SMILES string of the molecule is CCC(=O)c1ccc(O[Si](C)(C)C)c(F)c1. The summed E-state index contributed by atoms with van der Waals surface area (Å²) < 4.78 is 19.2. The van der Waals surface area contributed by atoms with Crippen molar-refractivity contribution in [2.45, 2.75) is 33.0 Å². The van der Waals surface area contributed by atoms with Crippen LogP contribution in [0.4, 0.5) is 4.39 Å². The minimum absolute atomic E-state index is 0.0570. The van der Waals surface area contributed by atoms with E-state index in [-0.39, 0.29) is 11.5 Å². The normalized spacial score (nSPS) is 11.3. The van der Waals surface area contributed by atoms with E-state index in [4.69, 9.17) is 4.43 Å². The molecule has 16 heavy (non-hydrogen) atoms. The molecule has 0 bridgehead atoms. The molecule has 0 aliphatic heterocycles. The number of rotatable bonds is 4. The Morgan fingerprint density at radius 1 is 1.38 bits per heavy atom. The maximum atomic E-state index is 13.6. The smallest absolute Gasteiger partial charge is 0.242 e. The third kappa shape index (κ3) is 3.45. The van der Waals surface area contributed by atoms with Crippen molar-refractivity contribution in [3.63, 3.8) is 0 Å². The van der Waals surface area contributed by atoms with E-state index in [0.29, 0.717) is 12.0 Å². The quantitative estimate of drug-likeness (QED) is 0.593. The van der Waals surface area contributed by atoms with Crippen LogP contribution in [0.25, 0.3) is 0 Å². The summed E-state index contributed by atoms with van der Waals surface area (Å²) in [6.07, 6.45) is 0.383. The van der Waals surface area contributed by atoms with Crippen LogP contribution in [0.15, 0.2) is 18.2 Å². The second kappa shape index (κ2) is 4.78. The van der Waals surface area contributed by atoms with Gasteiger partial charge in [-0.05, 0) is 37.8 Å². The first-order valence-electron chi connectivity index (χ1n) is 5.35. The first-order valence-corrected chi connectivity index (χ1v) is 8.76. The molecule has 0 saturated carbocycles.